The van der Waals surface area contributed by atoms with Crippen LogP contribution in [0, 0.1) is 0 Å². The quantitative estimate of drug-likeness (QED) is 0.475. The summed E-state index contributed by atoms with van der Waals surface area (Å²) in [5.74, 6) is -0.0656. The zero-order valence-electron chi connectivity index (χ0n) is 16.5. The second-order valence-electron chi connectivity index (χ2n) is 7.22. The van der Waals surface area contributed by atoms with Crippen molar-refractivity contribution in [3.8, 4) is 0 Å². The van der Waals surface area contributed by atoms with Crippen molar-refractivity contribution in [2.24, 2.45) is 5.10 Å². The van der Waals surface area contributed by atoms with Crippen LogP contribution in [-0.4, -0.2) is 28.1 Å². The highest BCUT2D eigenvalue weighted by atomic mass is 35.5. The van der Waals surface area contributed by atoms with E-state index in [9.17, 15) is 4.79 Å². The predicted molar refractivity (Wildman–Crippen MR) is 122 cm³/mol. The number of carbonyl (C=O) groups excluding carboxylic acids is 1. The standard InChI is InChI=1S/C24H21Cl2N3O/c1-17(19-11-13-20(25)14-12-19)27-29-23(30)16-28(15-18-7-3-2-4-8-18)24(29)21-9-5-6-10-22(21)26/h2-14,24H,15-16H2,1H3/b27-17+. The first-order chi connectivity index (χ1) is 14.5. The maximum atomic E-state index is 13.0. The zero-order valence-corrected chi connectivity index (χ0v) is 18.0. The molecule has 1 unspecified atom stereocenters. The number of hydrogen-bond donors (Lipinski definition) is 0. The van der Waals surface area contributed by atoms with Crippen molar-refractivity contribution in [1.82, 2.24) is 9.91 Å². The van der Waals surface area contributed by atoms with Crippen LogP contribution in [0.2, 0.25) is 10.0 Å². The second-order valence-corrected chi connectivity index (χ2v) is 8.06. The van der Waals surface area contributed by atoms with Crippen molar-refractivity contribution in [1.29, 1.82) is 0 Å². The Kier molecular flexibility index (Phi) is 6.18. The molecule has 0 aliphatic carbocycles. The van der Waals surface area contributed by atoms with E-state index >= 15 is 0 Å². The smallest absolute Gasteiger partial charge is 0.258 e. The molecule has 3 aromatic rings. The van der Waals surface area contributed by atoms with Crippen LogP contribution in [0.5, 0.6) is 0 Å². The van der Waals surface area contributed by atoms with Crippen LogP contribution in [0.1, 0.15) is 29.8 Å². The molecule has 4 rings (SSSR count). The summed E-state index contributed by atoms with van der Waals surface area (Å²) in [5, 5.41) is 7.52. The van der Waals surface area contributed by atoms with Gasteiger partial charge in [0.15, 0.2) is 0 Å². The van der Waals surface area contributed by atoms with Crippen LogP contribution in [0.25, 0.3) is 0 Å². The SMILES string of the molecule is C/C(=N\N1C(=O)CN(Cc2ccccc2)C1c1ccccc1Cl)c1ccc(Cl)cc1. The van der Waals surface area contributed by atoms with E-state index in [0.29, 0.717) is 16.6 Å². The number of hydrazone groups is 1. The van der Waals surface area contributed by atoms with Gasteiger partial charge in [0, 0.05) is 22.2 Å². The van der Waals surface area contributed by atoms with Gasteiger partial charge in [-0.05, 0) is 36.2 Å². The molecule has 6 heteroatoms. The molecule has 0 N–H and O–H groups in total. The first-order valence-corrected chi connectivity index (χ1v) is 10.4. The molecular formula is C24H21Cl2N3O. The number of halogens is 2. The van der Waals surface area contributed by atoms with Crippen molar-refractivity contribution in [3.05, 3.63) is 106 Å². The van der Waals surface area contributed by atoms with Crippen LogP contribution in [0.15, 0.2) is 84.0 Å². The molecule has 30 heavy (non-hydrogen) atoms. The van der Waals surface area contributed by atoms with Gasteiger partial charge in [-0.2, -0.15) is 5.10 Å². The fourth-order valence-corrected chi connectivity index (χ4v) is 3.98. The minimum atomic E-state index is -0.381. The van der Waals surface area contributed by atoms with E-state index < -0.39 is 0 Å². The summed E-state index contributed by atoms with van der Waals surface area (Å²) in [4.78, 5) is 15.1. The fraction of sp³-hybridized carbons (Fsp3) is 0.167. The van der Waals surface area contributed by atoms with Crippen LogP contribution in [0.3, 0.4) is 0 Å². The van der Waals surface area contributed by atoms with Gasteiger partial charge in [-0.15, -0.1) is 0 Å². The highest BCUT2D eigenvalue weighted by molar-refractivity contribution is 6.31. The molecule has 0 spiro atoms. The Morgan fingerprint density at radius 1 is 0.967 bits per heavy atom. The number of benzene rings is 3. The lowest BCUT2D eigenvalue weighted by molar-refractivity contribution is -0.128. The van der Waals surface area contributed by atoms with Gasteiger partial charge < -0.3 is 0 Å². The topological polar surface area (TPSA) is 35.9 Å². The molecule has 152 valence electrons. The maximum absolute atomic E-state index is 13.0. The Labute approximate surface area is 186 Å². The van der Waals surface area contributed by atoms with Crippen molar-refractivity contribution in [2.45, 2.75) is 19.6 Å². The molecule has 1 aliphatic heterocycles. The summed E-state index contributed by atoms with van der Waals surface area (Å²) in [7, 11) is 0. The van der Waals surface area contributed by atoms with Gasteiger partial charge in [0.2, 0.25) is 0 Å². The summed E-state index contributed by atoms with van der Waals surface area (Å²) in [6.45, 7) is 2.77. The Morgan fingerprint density at radius 3 is 2.33 bits per heavy atom. The van der Waals surface area contributed by atoms with E-state index in [1.807, 2.05) is 73.7 Å². The molecule has 1 amide bonds. The predicted octanol–water partition coefficient (Wildman–Crippen LogP) is 5.76. The van der Waals surface area contributed by atoms with Crippen LogP contribution in [-0.2, 0) is 11.3 Å². The Bertz CT molecular complexity index is 1070. The van der Waals surface area contributed by atoms with Crippen LogP contribution in [0.4, 0.5) is 0 Å². The van der Waals surface area contributed by atoms with Gasteiger partial charge in [-0.3, -0.25) is 9.69 Å². The fourth-order valence-electron chi connectivity index (χ4n) is 3.62. The average Bonchev–Trinajstić information content (AvgIpc) is 3.04. The third-order valence-electron chi connectivity index (χ3n) is 5.10. The highest BCUT2D eigenvalue weighted by Crippen LogP contribution is 2.36. The number of rotatable bonds is 5. The zero-order chi connectivity index (χ0) is 21.1. The second kappa shape index (κ2) is 9.00. The van der Waals surface area contributed by atoms with E-state index in [4.69, 9.17) is 28.3 Å². The molecule has 4 nitrogen and oxygen atoms in total. The third kappa shape index (κ3) is 4.41. The summed E-state index contributed by atoms with van der Waals surface area (Å²) < 4.78 is 0. The molecule has 3 aromatic carbocycles. The molecule has 0 aromatic heterocycles. The third-order valence-corrected chi connectivity index (χ3v) is 5.70. The van der Waals surface area contributed by atoms with Gasteiger partial charge in [0.05, 0.1) is 12.3 Å². The number of amides is 1. The minimum Gasteiger partial charge on any atom is -0.271 e. The van der Waals surface area contributed by atoms with E-state index in [1.165, 1.54) is 0 Å². The normalized spacial score (nSPS) is 17.6. The monoisotopic (exact) mass is 437 g/mol. The molecule has 0 saturated carbocycles. The van der Waals surface area contributed by atoms with E-state index in [0.717, 1.165) is 22.4 Å². The van der Waals surface area contributed by atoms with Gasteiger partial charge in [-0.1, -0.05) is 83.9 Å². The number of hydrogen-bond acceptors (Lipinski definition) is 3. The van der Waals surface area contributed by atoms with Crippen LogP contribution >= 0.6 is 23.2 Å². The van der Waals surface area contributed by atoms with E-state index in [2.05, 4.69) is 17.0 Å². The van der Waals surface area contributed by atoms with E-state index in [1.54, 1.807) is 5.01 Å². The van der Waals surface area contributed by atoms with Gasteiger partial charge in [0.25, 0.3) is 5.91 Å². The van der Waals surface area contributed by atoms with Crippen molar-refractivity contribution in [2.75, 3.05) is 6.54 Å². The van der Waals surface area contributed by atoms with Crippen molar-refractivity contribution < 1.29 is 4.79 Å². The number of nitrogens with zero attached hydrogens (tertiary/aromatic N) is 3. The maximum Gasteiger partial charge on any atom is 0.258 e. The Balaban J connectivity index is 1.72. The van der Waals surface area contributed by atoms with Crippen molar-refractivity contribution in [3.63, 3.8) is 0 Å². The van der Waals surface area contributed by atoms with Gasteiger partial charge >= 0.3 is 0 Å². The lowest BCUT2D eigenvalue weighted by Crippen LogP contribution is -2.29. The first kappa shape index (κ1) is 20.6. The molecule has 1 heterocycles. The summed E-state index contributed by atoms with van der Waals surface area (Å²) in [6, 6.07) is 25.1. The van der Waals surface area contributed by atoms with Gasteiger partial charge in [-0.25, -0.2) is 5.01 Å². The van der Waals surface area contributed by atoms with Gasteiger partial charge in [0.1, 0.15) is 6.17 Å². The lowest BCUT2D eigenvalue weighted by Gasteiger charge is -2.28. The molecule has 1 atom stereocenters. The number of carbonyl (C=O) groups is 1. The average molecular weight is 438 g/mol. The van der Waals surface area contributed by atoms with Crippen molar-refractivity contribution >= 4 is 34.8 Å². The molecule has 1 aliphatic rings. The highest BCUT2D eigenvalue weighted by Gasteiger charge is 2.40. The minimum absolute atomic E-state index is 0.0656. The van der Waals surface area contributed by atoms with Crippen LogP contribution < -0.4 is 0 Å². The molecule has 1 saturated heterocycles. The summed E-state index contributed by atoms with van der Waals surface area (Å²) in [6.07, 6.45) is -0.381. The largest absolute Gasteiger partial charge is 0.271 e. The molecule has 0 bridgehead atoms. The summed E-state index contributed by atoms with van der Waals surface area (Å²) in [5.41, 5.74) is 3.63. The Hall–Kier alpha value is -2.66. The lowest BCUT2D eigenvalue weighted by atomic mass is 10.1. The first-order valence-electron chi connectivity index (χ1n) is 9.68. The molecule has 1 fully saturated rings. The molecular weight excluding hydrogens is 417 g/mol. The van der Waals surface area contributed by atoms with E-state index in [-0.39, 0.29) is 18.6 Å². The summed E-state index contributed by atoms with van der Waals surface area (Å²) >= 11 is 12.5. The molecule has 0 radical (unpaired) electrons. The Morgan fingerprint density at radius 2 is 1.63 bits per heavy atom.